The molecule has 2 atom stereocenters. The zero-order valence-electron chi connectivity index (χ0n) is 22.0. The SMILES string of the molecule is CCC(C(=O)OC)C1CCc2cc(OCCc3nc(-c4ccccc4)oc3C)c(-c3ccc(Cl)cc3)cc21. The molecule has 2 unspecified atom stereocenters. The number of aromatic nitrogens is 1. The summed E-state index contributed by atoms with van der Waals surface area (Å²) in [4.78, 5) is 17.2. The summed E-state index contributed by atoms with van der Waals surface area (Å²) in [7, 11) is 1.47. The van der Waals surface area contributed by atoms with Crippen molar-refractivity contribution in [2.24, 2.45) is 5.92 Å². The maximum Gasteiger partial charge on any atom is 0.309 e. The van der Waals surface area contributed by atoms with Gasteiger partial charge >= 0.3 is 5.97 Å². The van der Waals surface area contributed by atoms with Gasteiger partial charge in [0.25, 0.3) is 0 Å². The van der Waals surface area contributed by atoms with Crippen LogP contribution in [0.2, 0.25) is 5.02 Å². The Kier molecular flexibility index (Phi) is 7.85. The smallest absolute Gasteiger partial charge is 0.309 e. The molecule has 196 valence electrons. The van der Waals surface area contributed by atoms with E-state index in [-0.39, 0.29) is 17.8 Å². The fourth-order valence-corrected chi connectivity index (χ4v) is 5.57. The minimum atomic E-state index is -0.153. The number of oxazole rings is 1. The van der Waals surface area contributed by atoms with Crippen molar-refractivity contribution in [1.29, 1.82) is 0 Å². The van der Waals surface area contributed by atoms with Crippen molar-refractivity contribution in [3.05, 3.63) is 94.3 Å². The second-order valence-electron chi connectivity index (χ2n) is 9.72. The van der Waals surface area contributed by atoms with E-state index in [1.54, 1.807) is 0 Å². The number of nitrogens with zero attached hydrogens (tertiary/aromatic N) is 1. The number of hydrogen-bond acceptors (Lipinski definition) is 5. The Labute approximate surface area is 228 Å². The van der Waals surface area contributed by atoms with Crippen LogP contribution in [-0.2, 0) is 22.4 Å². The molecule has 5 rings (SSSR count). The summed E-state index contributed by atoms with van der Waals surface area (Å²) in [6, 6.07) is 22.0. The predicted molar refractivity (Wildman–Crippen MR) is 150 cm³/mol. The lowest BCUT2D eigenvalue weighted by molar-refractivity contribution is -0.146. The van der Waals surface area contributed by atoms with E-state index in [1.807, 2.05) is 68.4 Å². The summed E-state index contributed by atoms with van der Waals surface area (Å²) in [5, 5.41) is 0.683. The monoisotopic (exact) mass is 529 g/mol. The first-order chi connectivity index (χ1) is 18.5. The van der Waals surface area contributed by atoms with Crippen LogP contribution >= 0.6 is 11.6 Å². The van der Waals surface area contributed by atoms with Gasteiger partial charge in [-0.05, 0) is 85.2 Å². The van der Waals surface area contributed by atoms with E-state index in [0.717, 1.165) is 53.2 Å². The molecule has 0 saturated carbocycles. The molecule has 0 bridgehead atoms. The highest BCUT2D eigenvalue weighted by Gasteiger charge is 2.35. The molecule has 0 saturated heterocycles. The van der Waals surface area contributed by atoms with Crippen LogP contribution in [0.3, 0.4) is 0 Å². The van der Waals surface area contributed by atoms with Gasteiger partial charge in [-0.1, -0.05) is 48.9 Å². The van der Waals surface area contributed by atoms with Crippen molar-refractivity contribution in [3.63, 3.8) is 0 Å². The zero-order valence-corrected chi connectivity index (χ0v) is 22.8. The number of fused-ring (bicyclic) bond motifs is 1. The number of aryl methyl sites for hydroxylation is 2. The Morgan fingerprint density at radius 3 is 2.58 bits per heavy atom. The van der Waals surface area contributed by atoms with E-state index in [9.17, 15) is 4.79 Å². The Bertz CT molecular complexity index is 1410. The first-order valence-electron chi connectivity index (χ1n) is 13.1. The Balaban J connectivity index is 1.41. The quantitative estimate of drug-likeness (QED) is 0.207. The highest BCUT2D eigenvalue weighted by molar-refractivity contribution is 6.30. The van der Waals surface area contributed by atoms with Crippen LogP contribution in [0.15, 0.2) is 71.1 Å². The van der Waals surface area contributed by atoms with Crippen LogP contribution in [0.1, 0.15) is 48.3 Å². The molecule has 6 heteroatoms. The van der Waals surface area contributed by atoms with Crippen LogP contribution < -0.4 is 4.74 Å². The summed E-state index contributed by atoms with van der Waals surface area (Å²) in [6.07, 6.45) is 3.20. The minimum absolute atomic E-state index is 0.136. The molecular formula is C32H32ClNO4. The highest BCUT2D eigenvalue weighted by Crippen LogP contribution is 2.45. The van der Waals surface area contributed by atoms with E-state index < -0.39 is 0 Å². The number of esters is 1. The maximum atomic E-state index is 12.5. The van der Waals surface area contributed by atoms with Crippen molar-refractivity contribution >= 4 is 17.6 Å². The average molecular weight is 530 g/mol. The number of carbonyl (C=O) groups excluding carboxylic acids is 1. The number of hydrogen-bond donors (Lipinski definition) is 0. The second kappa shape index (κ2) is 11.4. The summed E-state index contributed by atoms with van der Waals surface area (Å²) in [6.45, 7) is 4.45. The van der Waals surface area contributed by atoms with Crippen LogP contribution in [0, 0.1) is 12.8 Å². The summed E-state index contributed by atoms with van der Waals surface area (Å²) >= 11 is 6.18. The van der Waals surface area contributed by atoms with Gasteiger partial charge in [-0.2, -0.15) is 0 Å². The molecule has 0 fully saturated rings. The first-order valence-corrected chi connectivity index (χ1v) is 13.5. The van der Waals surface area contributed by atoms with Gasteiger partial charge in [0, 0.05) is 22.6 Å². The van der Waals surface area contributed by atoms with Gasteiger partial charge in [0.1, 0.15) is 11.5 Å². The zero-order chi connectivity index (χ0) is 26.6. The third-order valence-corrected chi connectivity index (χ3v) is 7.71. The molecule has 0 aliphatic heterocycles. The van der Waals surface area contributed by atoms with E-state index in [0.29, 0.717) is 23.9 Å². The predicted octanol–water partition coefficient (Wildman–Crippen LogP) is 7.82. The van der Waals surface area contributed by atoms with Gasteiger partial charge in [0.2, 0.25) is 5.89 Å². The molecule has 0 amide bonds. The lowest BCUT2D eigenvalue weighted by atomic mass is 9.84. The van der Waals surface area contributed by atoms with Gasteiger partial charge in [-0.15, -0.1) is 0 Å². The van der Waals surface area contributed by atoms with Crippen molar-refractivity contribution in [2.75, 3.05) is 13.7 Å². The molecule has 38 heavy (non-hydrogen) atoms. The highest BCUT2D eigenvalue weighted by atomic mass is 35.5. The molecule has 1 aromatic heterocycles. The Morgan fingerprint density at radius 2 is 1.87 bits per heavy atom. The van der Waals surface area contributed by atoms with E-state index in [1.165, 1.54) is 18.2 Å². The standard InChI is InChI=1S/C32H32ClNO4/c1-4-25(32(35)36-3)26-15-12-23-18-30(28(19-27(23)26)21-10-13-24(33)14-11-21)37-17-16-29-20(2)38-31(34-29)22-8-6-5-7-9-22/h5-11,13-14,18-19,25-26H,4,12,15-17H2,1-3H3. The molecule has 0 N–H and O–H groups in total. The molecule has 3 aromatic carbocycles. The first kappa shape index (κ1) is 26.1. The molecule has 4 aromatic rings. The molecule has 1 aliphatic carbocycles. The molecule has 1 heterocycles. The molecule has 0 radical (unpaired) electrons. The van der Waals surface area contributed by atoms with Crippen molar-refractivity contribution in [2.45, 2.75) is 45.4 Å². The van der Waals surface area contributed by atoms with Crippen molar-refractivity contribution in [3.8, 4) is 28.3 Å². The largest absolute Gasteiger partial charge is 0.493 e. The van der Waals surface area contributed by atoms with Crippen LogP contribution in [-0.4, -0.2) is 24.7 Å². The maximum absolute atomic E-state index is 12.5. The van der Waals surface area contributed by atoms with E-state index in [4.69, 9.17) is 30.5 Å². The number of ether oxygens (including phenoxy) is 2. The van der Waals surface area contributed by atoms with E-state index >= 15 is 0 Å². The third-order valence-electron chi connectivity index (χ3n) is 7.46. The number of halogens is 1. The number of rotatable bonds is 9. The Hall–Kier alpha value is -3.57. The van der Waals surface area contributed by atoms with Gasteiger partial charge in [0.05, 0.1) is 25.3 Å². The fourth-order valence-electron chi connectivity index (χ4n) is 5.45. The van der Waals surface area contributed by atoms with Crippen LogP contribution in [0.4, 0.5) is 0 Å². The van der Waals surface area contributed by atoms with E-state index in [2.05, 4.69) is 12.1 Å². The van der Waals surface area contributed by atoms with Gasteiger partial charge in [-0.3, -0.25) is 4.79 Å². The number of carbonyl (C=O) groups is 1. The van der Waals surface area contributed by atoms with Crippen LogP contribution in [0.25, 0.3) is 22.6 Å². The fraction of sp³-hybridized carbons (Fsp3) is 0.312. The Morgan fingerprint density at radius 1 is 1.11 bits per heavy atom. The molecular weight excluding hydrogens is 498 g/mol. The lowest BCUT2D eigenvalue weighted by Crippen LogP contribution is -2.21. The van der Waals surface area contributed by atoms with Crippen molar-refractivity contribution < 1.29 is 18.7 Å². The number of benzene rings is 3. The molecule has 0 spiro atoms. The molecule has 1 aliphatic rings. The molecule has 5 nitrogen and oxygen atoms in total. The summed E-state index contributed by atoms with van der Waals surface area (Å²) in [5.41, 5.74) is 6.30. The normalized spacial score (nSPS) is 15.2. The van der Waals surface area contributed by atoms with Gasteiger partial charge < -0.3 is 13.9 Å². The number of methoxy groups -OCH3 is 1. The lowest BCUT2D eigenvalue weighted by Gasteiger charge is -2.22. The summed E-state index contributed by atoms with van der Waals surface area (Å²) in [5.74, 6) is 2.09. The average Bonchev–Trinajstić information content (AvgIpc) is 3.52. The third kappa shape index (κ3) is 5.34. The second-order valence-corrected chi connectivity index (χ2v) is 10.2. The van der Waals surface area contributed by atoms with Crippen LogP contribution in [0.5, 0.6) is 5.75 Å². The summed E-state index contributed by atoms with van der Waals surface area (Å²) < 4.78 is 17.5. The minimum Gasteiger partial charge on any atom is -0.493 e. The van der Waals surface area contributed by atoms with Gasteiger partial charge in [-0.25, -0.2) is 4.98 Å². The van der Waals surface area contributed by atoms with Gasteiger partial charge in [0.15, 0.2) is 0 Å². The topological polar surface area (TPSA) is 61.6 Å². The van der Waals surface area contributed by atoms with Crippen molar-refractivity contribution in [1.82, 2.24) is 4.98 Å².